The van der Waals surface area contributed by atoms with Crippen molar-refractivity contribution in [3.05, 3.63) is 73.3 Å². The molecule has 4 heteroatoms. The molecule has 0 saturated carbocycles. The summed E-state index contributed by atoms with van der Waals surface area (Å²) in [7, 11) is 0. The number of hydrogen-bond donors (Lipinski definition) is 2. The minimum absolute atomic E-state index is 0.637. The second kappa shape index (κ2) is 6.45. The molecule has 5 aromatic carbocycles. The van der Waals surface area contributed by atoms with Crippen LogP contribution in [0.3, 0.4) is 0 Å². The van der Waals surface area contributed by atoms with E-state index in [0.29, 0.717) is 13.1 Å². The predicted molar refractivity (Wildman–Crippen MR) is 132 cm³/mol. The quantitative estimate of drug-likeness (QED) is 0.259. The number of hydrogen-bond acceptors (Lipinski definition) is 2. The zero-order chi connectivity index (χ0) is 21.4. The number of rotatable bonds is 4. The number of benzene rings is 5. The molecule has 0 spiro atoms. The average molecular weight is 417 g/mol. The third-order valence-electron chi connectivity index (χ3n) is 7.02. The number of aromatic nitrogens is 2. The van der Waals surface area contributed by atoms with Gasteiger partial charge in [-0.2, -0.15) is 0 Å². The van der Waals surface area contributed by atoms with Crippen molar-refractivity contribution in [3.63, 3.8) is 0 Å². The molecule has 154 valence electrons. The molecule has 0 fully saturated rings. The minimum atomic E-state index is 0.637. The summed E-state index contributed by atoms with van der Waals surface area (Å²) in [4.78, 5) is 0. The lowest BCUT2D eigenvalue weighted by Crippen LogP contribution is -2.36. The van der Waals surface area contributed by atoms with Gasteiger partial charge in [-0.05, 0) is 56.6 Å². The topological polar surface area (TPSA) is 59.8 Å². The fourth-order valence-electron chi connectivity index (χ4n) is 5.77. The molecule has 4 N–H and O–H groups in total. The van der Waals surface area contributed by atoms with Gasteiger partial charge in [-0.25, -0.2) is 9.13 Å². The van der Waals surface area contributed by atoms with E-state index >= 15 is 0 Å². The molecule has 32 heavy (non-hydrogen) atoms. The van der Waals surface area contributed by atoms with Crippen LogP contribution in [0.25, 0.3) is 64.6 Å². The second-order valence-electron chi connectivity index (χ2n) is 8.88. The molecular weight excluding hydrogens is 392 g/mol. The lowest BCUT2D eigenvalue weighted by Gasteiger charge is -2.17. The molecular formula is C28H24N4+2. The van der Waals surface area contributed by atoms with E-state index < -0.39 is 0 Å². The van der Waals surface area contributed by atoms with Crippen molar-refractivity contribution >= 4 is 64.6 Å². The summed E-state index contributed by atoms with van der Waals surface area (Å²) in [5.41, 5.74) is 11.6. The average Bonchev–Trinajstić information content (AvgIpc) is 2.81. The van der Waals surface area contributed by atoms with E-state index in [0.717, 1.165) is 13.1 Å². The van der Waals surface area contributed by atoms with Crippen LogP contribution in [-0.2, 0) is 13.1 Å². The zero-order valence-electron chi connectivity index (χ0n) is 17.8. The standard InChI is InChI=1S/C28H24N4/c29-9-11-31-13-17-1-5-21-22-6-3-19-15-32(12-10-30)16-20-4-8-24(28(22)26(19)20)23-7-2-18(14-31)25(17)27(21)23/h1-8,13-16H,9-12,29-30H2/q+2. The zero-order valence-corrected chi connectivity index (χ0v) is 17.8. The first kappa shape index (κ1) is 18.0. The molecule has 2 aromatic heterocycles. The normalized spacial score (nSPS) is 12.6. The van der Waals surface area contributed by atoms with Crippen LogP contribution in [0.1, 0.15) is 0 Å². The lowest BCUT2D eigenvalue weighted by molar-refractivity contribution is -0.692. The molecule has 0 amide bonds. The smallest absolute Gasteiger partial charge is 0.176 e. The fourth-order valence-corrected chi connectivity index (χ4v) is 5.77. The van der Waals surface area contributed by atoms with Gasteiger partial charge in [0, 0.05) is 32.3 Å². The molecule has 4 nitrogen and oxygen atoms in total. The van der Waals surface area contributed by atoms with E-state index in [4.69, 9.17) is 11.5 Å². The summed E-state index contributed by atoms with van der Waals surface area (Å²) >= 11 is 0. The van der Waals surface area contributed by atoms with Crippen LogP contribution in [-0.4, -0.2) is 13.1 Å². The summed E-state index contributed by atoms with van der Waals surface area (Å²) in [6.45, 7) is 2.93. The maximum atomic E-state index is 5.82. The van der Waals surface area contributed by atoms with Crippen molar-refractivity contribution in [1.29, 1.82) is 0 Å². The Hall–Kier alpha value is -3.60. The van der Waals surface area contributed by atoms with Gasteiger partial charge in [-0.3, -0.25) is 0 Å². The van der Waals surface area contributed by atoms with Gasteiger partial charge < -0.3 is 11.5 Å². The van der Waals surface area contributed by atoms with Gasteiger partial charge >= 0.3 is 0 Å². The predicted octanol–water partition coefficient (Wildman–Crippen LogP) is 3.97. The molecule has 0 atom stereocenters. The van der Waals surface area contributed by atoms with Crippen molar-refractivity contribution in [1.82, 2.24) is 0 Å². The molecule has 7 aromatic rings. The van der Waals surface area contributed by atoms with Gasteiger partial charge in [0.25, 0.3) is 0 Å². The van der Waals surface area contributed by atoms with Crippen LogP contribution in [0.2, 0.25) is 0 Å². The van der Waals surface area contributed by atoms with Gasteiger partial charge in [0.15, 0.2) is 37.9 Å². The van der Waals surface area contributed by atoms with Crippen molar-refractivity contribution in [2.24, 2.45) is 11.5 Å². The van der Waals surface area contributed by atoms with Crippen LogP contribution in [0, 0.1) is 0 Å². The van der Waals surface area contributed by atoms with E-state index in [2.05, 4.69) is 82.5 Å². The van der Waals surface area contributed by atoms with Gasteiger partial charge in [0.2, 0.25) is 0 Å². The summed E-state index contributed by atoms with van der Waals surface area (Å²) < 4.78 is 4.42. The number of nitrogens with two attached hydrogens (primary N) is 2. The van der Waals surface area contributed by atoms with E-state index in [1.54, 1.807) is 0 Å². The van der Waals surface area contributed by atoms with Crippen LogP contribution >= 0.6 is 0 Å². The lowest BCUT2D eigenvalue weighted by atomic mass is 9.86. The van der Waals surface area contributed by atoms with Crippen molar-refractivity contribution in [2.45, 2.75) is 13.1 Å². The second-order valence-corrected chi connectivity index (χ2v) is 8.88. The first-order valence-corrected chi connectivity index (χ1v) is 11.3. The van der Waals surface area contributed by atoms with Gasteiger partial charge in [0.1, 0.15) is 0 Å². The minimum Gasteiger partial charge on any atom is -0.325 e. The first-order chi connectivity index (χ1) is 15.8. The van der Waals surface area contributed by atoms with Crippen molar-refractivity contribution < 1.29 is 9.13 Å². The van der Waals surface area contributed by atoms with Crippen molar-refractivity contribution in [2.75, 3.05) is 13.1 Å². The van der Waals surface area contributed by atoms with Crippen LogP contribution < -0.4 is 20.6 Å². The van der Waals surface area contributed by atoms with Gasteiger partial charge in [0.05, 0.1) is 13.1 Å². The molecule has 7 rings (SSSR count). The van der Waals surface area contributed by atoms with E-state index in [-0.39, 0.29) is 0 Å². The molecule has 0 aliphatic rings. The summed E-state index contributed by atoms with van der Waals surface area (Å²) in [6, 6.07) is 18.3. The highest BCUT2D eigenvalue weighted by molar-refractivity contribution is 6.39. The number of fused-ring (bicyclic) bond motifs is 2. The highest BCUT2D eigenvalue weighted by atomic mass is 14.9. The summed E-state index contributed by atoms with van der Waals surface area (Å²) in [5, 5.41) is 15.8. The third kappa shape index (κ3) is 2.28. The molecule has 0 bridgehead atoms. The Balaban J connectivity index is 1.68. The highest BCUT2D eigenvalue weighted by Crippen LogP contribution is 2.44. The third-order valence-corrected chi connectivity index (χ3v) is 7.02. The Morgan fingerprint density at radius 1 is 0.438 bits per heavy atom. The highest BCUT2D eigenvalue weighted by Gasteiger charge is 2.20. The first-order valence-electron chi connectivity index (χ1n) is 11.3. The number of pyridine rings is 2. The molecule has 0 aliphatic heterocycles. The summed E-state index contributed by atoms with van der Waals surface area (Å²) in [6.07, 6.45) is 8.92. The molecule has 0 unspecified atom stereocenters. The van der Waals surface area contributed by atoms with Gasteiger partial charge in [-0.15, -0.1) is 0 Å². The summed E-state index contributed by atoms with van der Waals surface area (Å²) in [5.74, 6) is 0. The molecule has 0 saturated heterocycles. The largest absolute Gasteiger partial charge is 0.325 e. The maximum Gasteiger partial charge on any atom is 0.176 e. The van der Waals surface area contributed by atoms with E-state index in [9.17, 15) is 0 Å². The van der Waals surface area contributed by atoms with E-state index in [1.807, 2.05) is 0 Å². The van der Waals surface area contributed by atoms with Crippen molar-refractivity contribution in [3.8, 4) is 0 Å². The Morgan fingerprint density at radius 3 is 1.03 bits per heavy atom. The van der Waals surface area contributed by atoms with Gasteiger partial charge in [-0.1, -0.05) is 24.3 Å². The number of nitrogens with zero attached hydrogens (tertiary/aromatic N) is 2. The molecule has 2 heterocycles. The Labute approximate surface area is 184 Å². The van der Waals surface area contributed by atoms with Crippen LogP contribution in [0.5, 0.6) is 0 Å². The Bertz CT molecular complexity index is 1550. The molecule has 0 aliphatic carbocycles. The maximum absolute atomic E-state index is 5.82. The molecule has 0 radical (unpaired) electrons. The fraction of sp³-hybridized carbons (Fsp3) is 0.143. The Morgan fingerprint density at radius 2 is 0.750 bits per heavy atom. The van der Waals surface area contributed by atoms with Crippen LogP contribution in [0.15, 0.2) is 73.3 Å². The monoisotopic (exact) mass is 416 g/mol. The SMILES string of the molecule is NCC[n+]1cc2ccc3c4ccc5c[n+](CCN)cc6ccc(c7ccc(c1)c2c37)c4c56. The Kier molecular flexibility index (Phi) is 3.63. The van der Waals surface area contributed by atoms with Crippen LogP contribution in [0.4, 0.5) is 0 Å². The van der Waals surface area contributed by atoms with E-state index in [1.165, 1.54) is 64.6 Å².